The van der Waals surface area contributed by atoms with Crippen LogP contribution < -0.4 is 0 Å². The van der Waals surface area contributed by atoms with Gasteiger partial charge in [0.1, 0.15) is 13.2 Å². The molecule has 0 aliphatic rings. The van der Waals surface area contributed by atoms with E-state index in [1.54, 1.807) is 0 Å². The highest BCUT2D eigenvalue weighted by molar-refractivity contribution is 5.71. The highest BCUT2D eigenvalue weighted by Gasteiger charge is 2.19. The maximum atomic E-state index is 12.7. The van der Waals surface area contributed by atoms with Crippen molar-refractivity contribution in [1.29, 1.82) is 0 Å². The first-order chi connectivity index (χ1) is 28.6. The molecule has 0 rings (SSSR count). The molecule has 0 saturated carbocycles. The van der Waals surface area contributed by atoms with Gasteiger partial charge in [0.25, 0.3) is 0 Å². The van der Waals surface area contributed by atoms with Crippen LogP contribution in [0.2, 0.25) is 0 Å². The van der Waals surface area contributed by atoms with Gasteiger partial charge in [-0.25, -0.2) is 0 Å². The molecule has 0 bridgehead atoms. The van der Waals surface area contributed by atoms with Crippen LogP contribution >= 0.6 is 0 Å². The quantitative estimate of drug-likeness (QED) is 0.0345. The Morgan fingerprint density at radius 1 is 0.339 bits per heavy atom. The lowest BCUT2D eigenvalue weighted by molar-refractivity contribution is -0.167. The Hall–Kier alpha value is -1.59. The Bertz CT molecular complexity index is 916. The monoisotopic (exact) mass is 835 g/mol. The fourth-order valence-corrected chi connectivity index (χ4v) is 7.91. The molecule has 6 nitrogen and oxygen atoms in total. The Morgan fingerprint density at radius 2 is 0.593 bits per heavy atom. The summed E-state index contributed by atoms with van der Waals surface area (Å²) >= 11 is 0. The van der Waals surface area contributed by atoms with Crippen LogP contribution in [0.3, 0.4) is 0 Å². The molecule has 0 radical (unpaired) electrons. The van der Waals surface area contributed by atoms with Crippen LogP contribution in [-0.2, 0) is 28.6 Å². The van der Waals surface area contributed by atoms with Gasteiger partial charge >= 0.3 is 17.9 Å². The average molecular weight is 835 g/mol. The van der Waals surface area contributed by atoms with E-state index in [0.717, 1.165) is 75.5 Å². The molecule has 59 heavy (non-hydrogen) atoms. The third kappa shape index (κ3) is 45.8. The van der Waals surface area contributed by atoms with Crippen LogP contribution in [0.25, 0.3) is 0 Å². The Labute approximate surface area is 368 Å². The SMILES string of the molecule is CCC(C)CCCCCCCCC(=O)O[C@@H](COC(=O)CCCCCCCCCCCCCCCCCCC(C)C)COC(=O)CCCCCCCCCCCC(C)C. The van der Waals surface area contributed by atoms with Crippen molar-refractivity contribution in [2.24, 2.45) is 17.8 Å². The summed E-state index contributed by atoms with van der Waals surface area (Å²) in [4.78, 5) is 37.9. The van der Waals surface area contributed by atoms with E-state index in [1.807, 2.05) is 0 Å². The standard InChI is InChI=1S/C53H102O6/c1-7-49(6)41-35-29-25-26-32-38-44-53(56)59-50(46-58-52(55)43-37-31-24-20-16-18-22-28-34-40-48(4)5)45-57-51(54)42-36-30-23-19-15-13-11-9-8-10-12-14-17-21-27-33-39-47(2)3/h47-50H,7-46H2,1-6H3/t49?,50-/m0/s1. The van der Waals surface area contributed by atoms with Gasteiger partial charge in [0.05, 0.1) is 0 Å². The molecule has 0 aromatic rings. The lowest BCUT2D eigenvalue weighted by Crippen LogP contribution is -2.30. The highest BCUT2D eigenvalue weighted by Crippen LogP contribution is 2.18. The summed E-state index contributed by atoms with van der Waals surface area (Å²) in [5, 5.41) is 0. The smallest absolute Gasteiger partial charge is 0.306 e. The molecular formula is C53H102O6. The van der Waals surface area contributed by atoms with E-state index in [0.29, 0.717) is 19.3 Å². The molecule has 0 aromatic carbocycles. The van der Waals surface area contributed by atoms with Crippen molar-refractivity contribution in [2.75, 3.05) is 13.2 Å². The Balaban J connectivity index is 4.24. The summed E-state index contributed by atoms with van der Waals surface area (Å²) in [5.41, 5.74) is 0. The summed E-state index contributed by atoms with van der Waals surface area (Å²) in [6, 6.07) is 0. The number of ether oxygens (including phenoxy) is 3. The second kappa shape index (κ2) is 44.5. The lowest BCUT2D eigenvalue weighted by atomic mass is 10.00. The first kappa shape index (κ1) is 57.4. The third-order valence-electron chi connectivity index (χ3n) is 12.3. The summed E-state index contributed by atoms with van der Waals surface area (Å²) < 4.78 is 16.8. The molecule has 0 saturated heterocycles. The predicted octanol–water partition coefficient (Wildman–Crippen LogP) is 16.8. The first-order valence-corrected chi connectivity index (χ1v) is 26.1. The number of unbranched alkanes of at least 4 members (excludes halogenated alkanes) is 28. The topological polar surface area (TPSA) is 78.9 Å². The molecule has 0 spiro atoms. The minimum Gasteiger partial charge on any atom is -0.462 e. The van der Waals surface area contributed by atoms with E-state index in [9.17, 15) is 14.4 Å². The molecule has 0 aliphatic heterocycles. The predicted molar refractivity (Wildman–Crippen MR) is 252 cm³/mol. The van der Waals surface area contributed by atoms with Gasteiger partial charge in [0, 0.05) is 19.3 Å². The summed E-state index contributed by atoms with van der Waals surface area (Å²) in [6.45, 7) is 13.7. The maximum absolute atomic E-state index is 12.7. The second-order valence-electron chi connectivity index (χ2n) is 19.4. The highest BCUT2D eigenvalue weighted by atomic mass is 16.6. The van der Waals surface area contributed by atoms with Gasteiger partial charge in [0.15, 0.2) is 6.10 Å². The molecular weight excluding hydrogens is 733 g/mol. The third-order valence-corrected chi connectivity index (χ3v) is 12.3. The van der Waals surface area contributed by atoms with Crippen molar-refractivity contribution in [3.63, 3.8) is 0 Å². The number of carbonyl (C=O) groups excluding carboxylic acids is 3. The van der Waals surface area contributed by atoms with Gasteiger partial charge in [-0.1, -0.05) is 247 Å². The molecule has 1 unspecified atom stereocenters. The van der Waals surface area contributed by atoms with Crippen LogP contribution in [0.1, 0.15) is 286 Å². The van der Waals surface area contributed by atoms with Gasteiger partial charge in [-0.05, 0) is 37.0 Å². The second-order valence-corrected chi connectivity index (χ2v) is 19.4. The summed E-state index contributed by atoms with van der Waals surface area (Å²) in [5.74, 6) is 1.61. The maximum Gasteiger partial charge on any atom is 0.306 e. The van der Waals surface area contributed by atoms with E-state index in [1.165, 1.54) is 167 Å². The molecule has 2 atom stereocenters. The molecule has 350 valence electrons. The van der Waals surface area contributed by atoms with E-state index in [-0.39, 0.29) is 31.1 Å². The van der Waals surface area contributed by atoms with Crippen molar-refractivity contribution >= 4 is 17.9 Å². The number of esters is 3. The van der Waals surface area contributed by atoms with Crippen molar-refractivity contribution in [3.05, 3.63) is 0 Å². The molecule has 0 aromatic heterocycles. The number of hydrogen-bond donors (Lipinski definition) is 0. The minimum absolute atomic E-state index is 0.0655. The van der Waals surface area contributed by atoms with Gasteiger partial charge in [-0.3, -0.25) is 14.4 Å². The van der Waals surface area contributed by atoms with Crippen molar-refractivity contribution < 1.29 is 28.6 Å². The van der Waals surface area contributed by atoms with Gasteiger partial charge in [-0.2, -0.15) is 0 Å². The number of hydrogen-bond acceptors (Lipinski definition) is 6. The number of carbonyl (C=O) groups is 3. The van der Waals surface area contributed by atoms with E-state index < -0.39 is 6.10 Å². The molecule has 0 heterocycles. The van der Waals surface area contributed by atoms with Crippen LogP contribution in [0.5, 0.6) is 0 Å². The van der Waals surface area contributed by atoms with E-state index in [4.69, 9.17) is 14.2 Å². The van der Waals surface area contributed by atoms with Crippen LogP contribution in [0.4, 0.5) is 0 Å². The molecule has 0 amide bonds. The van der Waals surface area contributed by atoms with Crippen molar-refractivity contribution in [1.82, 2.24) is 0 Å². The zero-order valence-corrected chi connectivity index (χ0v) is 40.5. The Kier molecular flexibility index (Phi) is 43.3. The minimum atomic E-state index is -0.763. The zero-order chi connectivity index (χ0) is 43.4. The molecule has 0 N–H and O–H groups in total. The summed E-state index contributed by atoms with van der Waals surface area (Å²) in [7, 11) is 0. The largest absolute Gasteiger partial charge is 0.462 e. The van der Waals surface area contributed by atoms with Gasteiger partial charge < -0.3 is 14.2 Å². The van der Waals surface area contributed by atoms with E-state index in [2.05, 4.69) is 41.5 Å². The Morgan fingerprint density at radius 3 is 0.881 bits per heavy atom. The van der Waals surface area contributed by atoms with E-state index >= 15 is 0 Å². The normalized spacial score (nSPS) is 12.6. The average Bonchev–Trinajstić information content (AvgIpc) is 3.20. The molecule has 6 heteroatoms. The molecule has 0 fully saturated rings. The fourth-order valence-electron chi connectivity index (χ4n) is 7.91. The van der Waals surface area contributed by atoms with Crippen LogP contribution in [-0.4, -0.2) is 37.2 Å². The van der Waals surface area contributed by atoms with Crippen molar-refractivity contribution in [2.45, 2.75) is 292 Å². The number of rotatable bonds is 46. The molecule has 0 aliphatic carbocycles. The van der Waals surface area contributed by atoms with Gasteiger partial charge in [-0.15, -0.1) is 0 Å². The fraction of sp³-hybridized carbons (Fsp3) is 0.943. The summed E-state index contributed by atoms with van der Waals surface area (Å²) in [6.07, 6.45) is 43.9. The first-order valence-electron chi connectivity index (χ1n) is 26.1. The van der Waals surface area contributed by atoms with Crippen LogP contribution in [0, 0.1) is 17.8 Å². The zero-order valence-electron chi connectivity index (χ0n) is 40.5. The van der Waals surface area contributed by atoms with Crippen molar-refractivity contribution in [3.8, 4) is 0 Å². The van der Waals surface area contributed by atoms with Crippen LogP contribution in [0.15, 0.2) is 0 Å². The van der Waals surface area contributed by atoms with Gasteiger partial charge in [0.2, 0.25) is 0 Å². The lowest BCUT2D eigenvalue weighted by Gasteiger charge is -2.18.